The van der Waals surface area contributed by atoms with Gasteiger partial charge in [-0.1, -0.05) is 0 Å². The second-order valence-corrected chi connectivity index (χ2v) is 7.92. The molecule has 1 aliphatic rings. The number of nitrogens with one attached hydrogen (secondary N) is 1. The van der Waals surface area contributed by atoms with Crippen LogP contribution >= 0.6 is 0 Å². The minimum Gasteiger partial charge on any atom is -0.497 e. The van der Waals surface area contributed by atoms with Crippen LogP contribution in [0.1, 0.15) is 13.8 Å². The molecule has 1 saturated heterocycles. The zero-order chi connectivity index (χ0) is 18.6. The number of hydrogen-bond donors (Lipinski definition) is 1. The van der Waals surface area contributed by atoms with Crippen molar-refractivity contribution in [2.75, 3.05) is 40.4 Å². The van der Waals surface area contributed by atoms with Crippen molar-refractivity contribution < 1.29 is 22.7 Å². The van der Waals surface area contributed by atoms with Crippen LogP contribution in [0.5, 0.6) is 11.5 Å². The molecule has 9 heteroatoms. The van der Waals surface area contributed by atoms with Crippen LogP contribution in [0.25, 0.3) is 0 Å². The van der Waals surface area contributed by atoms with Crippen LogP contribution in [0.15, 0.2) is 23.1 Å². The van der Waals surface area contributed by atoms with Crippen molar-refractivity contribution in [1.82, 2.24) is 14.5 Å². The zero-order valence-corrected chi connectivity index (χ0v) is 15.8. The zero-order valence-electron chi connectivity index (χ0n) is 15.0. The summed E-state index contributed by atoms with van der Waals surface area (Å²) in [4.78, 5) is 13.7. The van der Waals surface area contributed by atoms with Crippen molar-refractivity contribution in [3.8, 4) is 11.5 Å². The van der Waals surface area contributed by atoms with Gasteiger partial charge in [0.2, 0.25) is 10.0 Å². The highest BCUT2D eigenvalue weighted by Crippen LogP contribution is 2.31. The maximum Gasteiger partial charge on any atom is 0.317 e. The number of ether oxygens (including phenoxy) is 2. The molecule has 1 N–H and O–H groups in total. The Kier molecular flexibility index (Phi) is 6.12. The van der Waals surface area contributed by atoms with Crippen LogP contribution in [0, 0.1) is 0 Å². The van der Waals surface area contributed by atoms with Crippen molar-refractivity contribution in [2.45, 2.75) is 24.8 Å². The predicted molar refractivity (Wildman–Crippen MR) is 93.5 cm³/mol. The lowest BCUT2D eigenvalue weighted by Crippen LogP contribution is -2.53. The van der Waals surface area contributed by atoms with Crippen LogP contribution in [0.2, 0.25) is 0 Å². The predicted octanol–water partition coefficient (Wildman–Crippen LogP) is 1.13. The highest BCUT2D eigenvalue weighted by atomic mass is 32.2. The standard InChI is InChI=1S/C16H25N3O5S/c1-12(2)17-16(20)18-7-9-19(10-8-18)25(21,22)15-11-13(23-3)5-6-14(15)24-4/h5-6,11-12H,7-10H2,1-4H3,(H,17,20). The number of amides is 2. The summed E-state index contributed by atoms with van der Waals surface area (Å²) in [5, 5.41) is 2.81. The molecule has 2 amide bonds. The van der Waals surface area contributed by atoms with Crippen LogP contribution in [0.4, 0.5) is 4.79 Å². The minimum absolute atomic E-state index is 0.0373. The normalized spacial score (nSPS) is 16.0. The average molecular weight is 371 g/mol. The number of sulfonamides is 1. The quantitative estimate of drug-likeness (QED) is 0.838. The molecule has 1 aromatic carbocycles. The number of methoxy groups -OCH3 is 2. The van der Waals surface area contributed by atoms with E-state index in [0.717, 1.165) is 0 Å². The molecule has 140 valence electrons. The van der Waals surface area contributed by atoms with E-state index < -0.39 is 10.0 Å². The number of carbonyl (C=O) groups is 1. The number of nitrogens with zero attached hydrogens (tertiary/aromatic N) is 2. The van der Waals surface area contributed by atoms with Gasteiger partial charge in [-0.05, 0) is 26.0 Å². The fourth-order valence-corrected chi connectivity index (χ4v) is 4.19. The number of hydrogen-bond acceptors (Lipinski definition) is 5. The molecule has 2 rings (SSSR count). The van der Waals surface area contributed by atoms with Gasteiger partial charge >= 0.3 is 6.03 Å². The topological polar surface area (TPSA) is 88.2 Å². The molecule has 0 spiro atoms. The van der Waals surface area contributed by atoms with Crippen molar-refractivity contribution in [2.24, 2.45) is 0 Å². The number of piperazine rings is 1. The Morgan fingerprint density at radius 2 is 1.76 bits per heavy atom. The van der Waals surface area contributed by atoms with Crippen molar-refractivity contribution in [1.29, 1.82) is 0 Å². The summed E-state index contributed by atoms with van der Waals surface area (Å²) >= 11 is 0. The minimum atomic E-state index is -3.74. The Hall–Kier alpha value is -2.00. The third-order valence-electron chi connectivity index (χ3n) is 3.93. The van der Waals surface area contributed by atoms with E-state index in [1.54, 1.807) is 17.0 Å². The van der Waals surface area contributed by atoms with Gasteiger partial charge in [-0.2, -0.15) is 4.31 Å². The van der Waals surface area contributed by atoms with Gasteiger partial charge < -0.3 is 19.7 Å². The molecule has 1 aromatic rings. The first kappa shape index (κ1) is 19.3. The van der Waals surface area contributed by atoms with E-state index in [2.05, 4.69) is 5.32 Å². The van der Waals surface area contributed by atoms with E-state index in [1.165, 1.54) is 24.6 Å². The fourth-order valence-electron chi connectivity index (χ4n) is 2.59. The Morgan fingerprint density at radius 1 is 1.12 bits per heavy atom. The molecule has 8 nitrogen and oxygen atoms in total. The lowest BCUT2D eigenvalue weighted by atomic mass is 10.3. The molecule has 0 atom stereocenters. The van der Waals surface area contributed by atoms with E-state index in [1.807, 2.05) is 13.8 Å². The first-order valence-electron chi connectivity index (χ1n) is 8.07. The van der Waals surface area contributed by atoms with Crippen LogP contribution in [0.3, 0.4) is 0 Å². The van der Waals surface area contributed by atoms with Gasteiger partial charge in [-0.15, -0.1) is 0 Å². The second-order valence-electron chi connectivity index (χ2n) is 6.01. The molecular weight excluding hydrogens is 346 g/mol. The van der Waals surface area contributed by atoms with Crippen LogP contribution in [-0.2, 0) is 10.0 Å². The summed E-state index contributed by atoms with van der Waals surface area (Å²) in [6.07, 6.45) is 0. The summed E-state index contributed by atoms with van der Waals surface area (Å²) in [6.45, 7) is 4.90. The van der Waals surface area contributed by atoms with Gasteiger partial charge in [-0.3, -0.25) is 0 Å². The van der Waals surface area contributed by atoms with Crippen molar-refractivity contribution >= 4 is 16.1 Å². The lowest BCUT2D eigenvalue weighted by molar-refractivity contribution is 0.170. The van der Waals surface area contributed by atoms with E-state index in [0.29, 0.717) is 18.8 Å². The molecule has 0 bridgehead atoms. The van der Waals surface area contributed by atoms with Crippen molar-refractivity contribution in [3.05, 3.63) is 18.2 Å². The smallest absolute Gasteiger partial charge is 0.317 e. The highest BCUT2D eigenvalue weighted by molar-refractivity contribution is 7.89. The lowest BCUT2D eigenvalue weighted by Gasteiger charge is -2.34. The molecule has 0 aromatic heterocycles. The van der Waals surface area contributed by atoms with Gasteiger partial charge in [0.05, 0.1) is 14.2 Å². The Balaban J connectivity index is 2.16. The van der Waals surface area contributed by atoms with Crippen LogP contribution in [-0.4, -0.2) is 70.1 Å². The van der Waals surface area contributed by atoms with E-state index in [-0.39, 0.29) is 35.8 Å². The average Bonchev–Trinajstić information content (AvgIpc) is 2.60. The molecule has 0 aliphatic carbocycles. The molecule has 0 unspecified atom stereocenters. The summed E-state index contributed by atoms with van der Waals surface area (Å²) < 4.78 is 37.6. The molecule has 0 radical (unpaired) electrons. The molecule has 1 heterocycles. The molecule has 1 aliphatic heterocycles. The Morgan fingerprint density at radius 3 is 2.28 bits per heavy atom. The molecule has 1 fully saturated rings. The van der Waals surface area contributed by atoms with Gasteiger partial charge in [0, 0.05) is 38.3 Å². The monoisotopic (exact) mass is 371 g/mol. The molecule has 25 heavy (non-hydrogen) atoms. The first-order chi connectivity index (χ1) is 11.8. The summed E-state index contributed by atoms with van der Waals surface area (Å²) in [5.74, 6) is 0.704. The number of benzene rings is 1. The third kappa shape index (κ3) is 4.35. The van der Waals surface area contributed by atoms with Crippen molar-refractivity contribution in [3.63, 3.8) is 0 Å². The third-order valence-corrected chi connectivity index (χ3v) is 5.85. The first-order valence-corrected chi connectivity index (χ1v) is 9.51. The second kappa shape index (κ2) is 7.92. The maximum absolute atomic E-state index is 13.0. The van der Waals surface area contributed by atoms with Crippen LogP contribution < -0.4 is 14.8 Å². The van der Waals surface area contributed by atoms with E-state index in [9.17, 15) is 13.2 Å². The molecular formula is C16H25N3O5S. The SMILES string of the molecule is COc1ccc(OC)c(S(=O)(=O)N2CCN(C(=O)NC(C)C)CC2)c1. The number of urea groups is 1. The number of carbonyl (C=O) groups excluding carboxylic acids is 1. The Labute approximate surface area is 148 Å². The summed E-state index contributed by atoms with van der Waals surface area (Å²) in [7, 11) is -0.837. The highest BCUT2D eigenvalue weighted by Gasteiger charge is 2.32. The maximum atomic E-state index is 13.0. The number of rotatable bonds is 5. The fraction of sp³-hybridized carbons (Fsp3) is 0.562. The Bertz CT molecular complexity index is 712. The van der Waals surface area contributed by atoms with Gasteiger partial charge in [0.1, 0.15) is 16.4 Å². The van der Waals surface area contributed by atoms with E-state index >= 15 is 0 Å². The van der Waals surface area contributed by atoms with Gasteiger partial charge in [0.15, 0.2) is 0 Å². The summed E-state index contributed by atoms with van der Waals surface area (Å²) in [5.41, 5.74) is 0. The summed E-state index contributed by atoms with van der Waals surface area (Å²) in [6, 6.07) is 4.53. The van der Waals surface area contributed by atoms with Gasteiger partial charge in [-0.25, -0.2) is 13.2 Å². The van der Waals surface area contributed by atoms with E-state index in [4.69, 9.17) is 9.47 Å². The molecule has 0 saturated carbocycles. The largest absolute Gasteiger partial charge is 0.497 e. The van der Waals surface area contributed by atoms with Gasteiger partial charge in [0.25, 0.3) is 0 Å².